The van der Waals surface area contributed by atoms with Crippen LogP contribution in [0.4, 0.5) is 4.79 Å². The summed E-state index contributed by atoms with van der Waals surface area (Å²) in [7, 11) is 3.83. The number of rotatable bonds is 7. The second-order valence-corrected chi connectivity index (χ2v) is 7.20. The Morgan fingerprint density at radius 1 is 1.52 bits per heavy atom. The van der Waals surface area contributed by atoms with Gasteiger partial charge in [0.15, 0.2) is 0 Å². The molecule has 2 heterocycles. The fourth-order valence-corrected chi connectivity index (χ4v) is 3.65. The first-order valence-electron chi connectivity index (χ1n) is 8.34. The van der Waals surface area contributed by atoms with E-state index in [9.17, 15) is 4.79 Å². The van der Waals surface area contributed by atoms with Gasteiger partial charge in [-0.2, -0.15) is 11.3 Å². The third kappa shape index (κ3) is 5.79. The maximum atomic E-state index is 12.6. The van der Waals surface area contributed by atoms with Gasteiger partial charge in [-0.25, -0.2) is 4.79 Å². The number of nitrogens with zero attached hydrogens (tertiary/aromatic N) is 2. The van der Waals surface area contributed by atoms with Crippen LogP contribution in [0.2, 0.25) is 0 Å². The lowest BCUT2D eigenvalue weighted by molar-refractivity contribution is 0.139. The first kappa shape index (κ1) is 18.2. The molecule has 0 radical (unpaired) electrons. The van der Waals surface area contributed by atoms with Crippen LogP contribution in [0.25, 0.3) is 0 Å². The topological polar surface area (TPSA) is 44.8 Å². The Bertz CT molecular complexity index is 458. The van der Waals surface area contributed by atoms with Crippen molar-refractivity contribution in [2.45, 2.75) is 32.4 Å². The summed E-state index contributed by atoms with van der Waals surface area (Å²) in [5, 5.41) is 7.34. The summed E-state index contributed by atoms with van der Waals surface area (Å²) in [6.07, 6.45) is 2.31. The molecule has 1 aromatic rings. The van der Waals surface area contributed by atoms with Crippen LogP contribution in [0, 0.1) is 5.92 Å². The monoisotopic (exact) mass is 339 g/mol. The van der Waals surface area contributed by atoms with Gasteiger partial charge in [0.25, 0.3) is 0 Å². The van der Waals surface area contributed by atoms with Gasteiger partial charge in [-0.3, -0.25) is 0 Å². The molecular formula is C17H29N3O2S. The van der Waals surface area contributed by atoms with Crippen molar-refractivity contribution in [3.05, 3.63) is 22.4 Å². The molecule has 1 fully saturated rings. The van der Waals surface area contributed by atoms with Gasteiger partial charge in [-0.1, -0.05) is 0 Å². The van der Waals surface area contributed by atoms with Crippen molar-refractivity contribution in [2.24, 2.45) is 5.92 Å². The van der Waals surface area contributed by atoms with Crippen molar-refractivity contribution in [3.63, 3.8) is 0 Å². The largest absolute Gasteiger partial charge is 0.383 e. The average Bonchev–Trinajstić information content (AvgIpc) is 3.05. The van der Waals surface area contributed by atoms with Crippen molar-refractivity contribution in [1.82, 2.24) is 15.1 Å². The number of thiophene rings is 1. The van der Waals surface area contributed by atoms with Crippen molar-refractivity contribution in [2.75, 3.05) is 40.4 Å². The van der Waals surface area contributed by atoms with E-state index in [1.54, 1.807) is 18.4 Å². The molecule has 0 aliphatic carbocycles. The number of piperidine rings is 1. The van der Waals surface area contributed by atoms with Crippen LogP contribution >= 0.6 is 11.3 Å². The van der Waals surface area contributed by atoms with Gasteiger partial charge < -0.3 is 19.9 Å². The number of methoxy groups -OCH3 is 1. The summed E-state index contributed by atoms with van der Waals surface area (Å²) in [6.45, 7) is 6.17. The number of urea groups is 1. The molecule has 0 unspecified atom stereocenters. The fraction of sp³-hybridized carbons (Fsp3) is 0.706. The molecule has 6 heteroatoms. The maximum absolute atomic E-state index is 12.6. The molecule has 23 heavy (non-hydrogen) atoms. The smallest absolute Gasteiger partial charge is 0.317 e. The van der Waals surface area contributed by atoms with Crippen LogP contribution in [0.3, 0.4) is 0 Å². The minimum atomic E-state index is 0.0136. The van der Waals surface area contributed by atoms with Crippen LogP contribution in [-0.2, 0) is 11.3 Å². The molecule has 130 valence electrons. The summed E-state index contributed by atoms with van der Waals surface area (Å²) < 4.78 is 5.15. The minimum Gasteiger partial charge on any atom is -0.383 e. The predicted octanol–water partition coefficient (Wildman–Crippen LogP) is 2.64. The Morgan fingerprint density at radius 2 is 2.26 bits per heavy atom. The standard InChI is InChI=1S/C17H29N3O2S/c1-14(16-4-7-19(2)8-5-16)18-17(21)20(9-10-22-3)12-15-6-11-23-13-15/h6,11,13-14,16H,4-5,7-10,12H2,1-3H3,(H,18,21)/t14-/m1/s1. The highest BCUT2D eigenvalue weighted by molar-refractivity contribution is 7.07. The van der Waals surface area contributed by atoms with Crippen molar-refractivity contribution >= 4 is 17.4 Å². The van der Waals surface area contributed by atoms with E-state index in [1.807, 2.05) is 10.3 Å². The van der Waals surface area contributed by atoms with Crippen LogP contribution in [-0.4, -0.2) is 62.3 Å². The number of amides is 2. The van der Waals surface area contributed by atoms with Gasteiger partial charge in [-0.05, 0) is 68.2 Å². The Morgan fingerprint density at radius 3 is 2.87 bits per heavy atom. The second kappa shape index (κ2) is 9.25. The lowest BCUT2D eigenvalue weighted by Gasteiger charge is -2.34. The van der Waals surface area contributed by atoms with E-state index in [-0.39, 0.29) is 12.1 Å². The highest BCUT2D eigenvalue weighted by Crippen LogP contribution is 2.20. The molecule has 1 aromatic heterocycles. The lowest BCUT2D eigenvalue weighted by Crippen LogP contribution is -2.48. The number of carbonyl (C=O) groups is 1. The van der Waals surface area contributed by atoms with Gasteiger partial charge in [0.05, 0.1) is 6.61 Å². The Kier molecular flexibility index (Phi) is 7.33. The molecule has 0 spiro atoms. The quantitative estimate of drug-likeness (QED) is 0.830. The molecule has 1 aliphatic rings. The van der Waals surface area contributed by atoms with E-state index in [4.69, 9.17) is 4.74 Å². The zero-order valence-corrected chi connectivity index (χ0v) is 15.3. The molecule has 1 saturated heterocycles. The lowest BCUT2D eigenvalue weighted by atomic mass is 9.90. The first-order valence-corrected chi connectivity index (χ1v) is 9.28. The molecule has 2 amide bonds. The normalized spacial score (nSPS) is 17.9. The van der Waals surface area contributed by atoms with E-state index in [0.717, 1.165) is 25.9 Å². The number of hydrogen-bond donors (Lipinski definition) is 1. The van der Waals surface area contributed by atoms with Crippen LogP contribution in [0.1, 0.15) is 25.3 Å². The zero-order valence-electron chi connectivity index (χ0n) is 14.5. The zero-order chi connectivity index (χ0) is 16.7. The molecular weight excluding hydrogens is 310 g/mol. The molecule has 0 aromatic carbocycles. The van der Waals surface area contributed by atoms with E-state index in [0.29, 0.717) is 25.6 Å². The Hall–Kier alpha value is -1.11. The predicted molar refractivity (Wildman–Crippen MR) is 94.8 cm³/mol. The second-order valence-electron chi connectivity index (χ2n) is 6.42. The van der Waals surface area contributed by atoms with Gasteiger partial charge >= 0.3 is 6.03 Å². The number of hydrogen-bond acceptors (Lipinski definition) is 4. The molecule has 2 rings (SSSR count). The van der Waals surface area contributed by atoms with E-state index < -0.39 is 0 Å². The van der Waals surface area contributed by atoms with Crippen molar-refractivity contribution in [1.29, 1.82) is 0 Å². The van der Waals surface area contributed by atoms with Gasteiger partial charge in [0.2, 0.25) is 0 Å². The highest BCUT2D eigenvalue weighted by atomic mass is 32.1. The molecule has 1 atom stereocenters. The maximum Gasteiger partial charge on any atom is 0.317 e. The van der Waals surface area contributed by atoms with E-state index >= 15 is 0 Å². The van der Waals surface area contributed by atoms with Crippen LogP contribution < -0.4 is 5.32 Å². The van der Waals surface area contributed by atoms with E-state index in [2.05, 4.69) is 35.6 Å². The number of likely N-dealkylation sites (tertiary alicyclic amines) is 1. The van der Waals surface area contributed by atoms with Gasteiger partial charge in [-0.15, -0.1) is 0 Å². The first-order chi connectivity index (χ1) is 11.1. The third-order valence-electron chi connectivity index (χ3n) is 4.63. The molecule has 5 nitrogen and oxygen atoms in total. The summed E-state index contributed by atoms with van der Waals surface area (Å²) in [5.41, 5.74) is 1.17. The number of ether oxygens (including phenoxy) is 1. The Balaban J connectivity index is 1.88. The van der Waals surface area contributed by atoms with Gasteiger partial charge in [0.1, 0.15) is 0 Å². The van der Waals surface area contributed by atoms with Gasteiger partial charge in [0, 0.05) is 26.2 Å². The summed E-state index contributed by atoms with van der Waals surface area (Å²) in [4.78, 5) is 16.8. The van der Waals surface area contributed by atoms with Crippen molar-refractivity contribution < 1.29 is 9.53 Å². The molecule has 0 bridgehead atoms. The number of nitrogens with one attached hydrogen (secondary N) is 1. The molecule has 1 N–H and O–H groups in total. The molecule has 1 aliphatic heterocycles. The fourth-order valence-electron chi connectivity index (χ4n) is 2.99. The minimum absolute atomic E-state index is 0.0136. The average molecular weight is 340 g/mol. The summed E-state index contributed by atoms with van der Waals surface area (Å²) in [6, 6.07) is 2.29. The molecule has 0 saturated carbocycles. The van der Waals surface area contributed by atoms with Crippen LogP contribution in [0.15, 0.2) is 16.8 Å². The van der Waals surface area contributed by atoms with E-state index in [1.165, 1.54) is 5.56 Å². The van der Waals surface area contributed by atoms with Crippen LogP contribution in [0.5, 0.6) is 0 Å². The SMILES string of the molecule is COCCN(Cc1ccsc1)C(=O)N[C@H](C)C1CCN(C)CC1. The summed E-state index contributed by atoms with van der Waals surface area (Å²) >= 11 is 1.66. The van der Waals surface area contributed by atoms with Crippen molar-refractivity contribution in [3.8, 4) is 0 Å². The third-order valence-corrected chi connectivity index (χ3v) is 5.36. The highest BCUT2D eigenvalue weighted by Gasteiger charge is 2.25. The Labute approximate surface area is 143 Å². The number of carbonyl (C=O) groups excluding carboxylic acids is 1. The summed E-state index contributed by atoms with van der Waals surface area (Å²) in [5.74, 6) is 0.570.